The highest BCUT2D eigenvalue weighted by Crippen LogP contribution is 2.19. The number of aryl methyl sites for hydroxylation is 1. The number of hydrogen-bond donors (Lipinski definition) is 1. The molecule has 1 aliphatic rings. The minimum Gasteiger partial charge on any atom is -0.341 e. The molecule has 1 aliphatic heterocycles. The molecule has 1 saturated heterocycles. The first-order valence-electron chi connectivity index (χ1n) is 5.95. The molecule has 2 aromatic rings. The van der Waals surface area contributed by atoms with Crippen molar-refractivity contribution >= 4 is 11.5 Å². The molecule has 0 saturated carbocycles. The topological polar surface area (TPSA) is 66.3 Å². The van der Waals surface area contributed by atoms with E-state index in [1.807, 2.05) is 6.92 Å². The molecule has 0 radical (unpaired) electrons. The molecule has 6 nitrogen and oxygen atoms in total. The van der Waals surface area contributed by atoms with E-state index in [1.165, 1.54) is 25.6 Å². The first-order valence-corrected chi connectivity index (χ1v) is 5.95. The van der Waals surface area contributed by atoms with Gasteiger partial charge in [-0.1, -0.05) is 0 Å². The van der Waals surface area contributed by atoms with Crippen LogP contribution in [0.1, 0.15) is 25.0 Å². The Kier molecular flexibility index (Phi) is 2.35. The van der Waals surface area contributed by atoms with E-state index in [0.717, 1.165) is 24.7 Å². The average Bonchev–Trinajstić information content (AvgIpc) is 2.69. The molecule has 3 rings (SSSR count). The van der Waals surface area contributed by atoms with E-state index in [1.54, 1.807) is 4.52 Å². The molecular formula is C11H15N5O. The SMILES string of the molecule is Cc1nc(N2CCCCC2)n2nc[nH]c(=O)c12. The summed E-state index contributed by atoms with van der Waals surface area (Å²) in [7, 11) is 0. The van der Waals surface area contributed by atoms with Gasteiger partial charge in [0.25, 0.3) is 5.56 Å². The third kappa shape index (κ3) is 1.60. The lowest BCUT2D eigenvalue weighted by Crippen LogP contribution is -2.31. The Balaban J connectivity index is 2.17. The Hall–Kier alpha value is -1.85. The molecule has 0 bridgehead atoms. The number of nitrogens with one attached hydrogen (secondary N) is 1. The number of aromatic nitrogens is 4. The van der Waals surface area contributed by atoms with Crippen molar-refractivity contribution in [1.82, 2.24) is 19.6 Å². The lowest BCUT2D eigenvalue weighted by molar-refractivity contribution is 0.563. The first-order chi connectivity index (χ1) is 8.27. The molecular weight excluding hydrogens is 218 g/mol. The van der Waals surface area contributed by atoms with Crippen LogP contribution in [0.2, 0.25) is 0 Å². The van der Waals surface area contributed by atoms with Crippen LogP contribution >= 0.6 is 0 Å². The van der Waals surface area contributed by atoms with Crippen LogP contribution < -0.4 is 10.5 Å². The summed E-state index contributed by atoms with van der Waals surface area (Å²) in [5.74, 6) is 0.795. The minimum absolute atomic E-state index is 0.131. The van der Waals surface area contributed by atoms with E-state index in [9.17, 15) is 4.79 Å². The fourth-order valence-corrected chi connectivity index (χ4v) is 2.39. The molecule has 0 aromatic carbocycles. The Labute approximate surface area is 98.3 Å². The Bertz CT molecular complexity index is 593. The van der Waals surface area contributed by atoms with Gasteiger partial charge in [-0.25, -0.2) is 4.98 Å². The van der Waals surface area contributed by atoms with E-state index >= 15 is 0 Å². The summed E-state index contributed by atoms with van der Waals surface area (Å²) >= 11 is 0. The van der Waals surface area contributed by atoms with Crippen LogP contribution in [0.4, 0.5) is 5.95 Å². The predicted octanol–water partition coefficient (Wildman–Crippen LogP) is 0.716. The highest BCUT2D eigenvalue weighted by Gasteiger charge is 2.19. The largest absolute Gasteiger partial charge is 0.341 e. The Morgan fingerprint density at radius 1 is 1.29 bits per heavy atom. The van der Waals surface area contributed by atoms with Crippen LogP contribution in [0.25, 0.3) is 5.52 Å². The number of aromatic amines is 1. The monoisotopic (exact) mass is 233 g/mol. The van der Waals surface area contributed by atoms with Crippen molar-refractivity contribution < 1.29 is 0 Å². The fraction of sp³-hybridized carbons (Fsp3) is 0.545. The van der Waals surface area contributed by atoms with E-state index in [0.29, 0.717) is 5.52 Å². The van der Waals surface area contributed by atoms with Gasteiger partial charge in [0, 0.05) is 13.1 Å². The molecule has 1 fully saturated rings. The van der Waals surface area contributed by atoms with Crippen molar-refractivity contribution in [2.45, 2.75) is 26.2 Å². The van der Waals surface area contributed by atoms with Gasteiger partial charge in [-0.05, 0) is 26.2 Å². The molecule has 2 aromatic heterocycles. The molecule has 6 heteroatoms. The molecule has 0 atom stereocenters. The molecule has 3 heterocycles. The zero-order valence-electron chi connectivity index (χ0n) is 9.81. The van der Waals surface area contributed by atoms with E-state index in [4.69, 9.17) is 0 Å². The maximum atomic E-state index is 11.7. The molecule has 0 aliphatic carbocycles. The highest BCUT2D eigenvalue weighted by molar-refractivity contribution is 5.55. The van der Waals surface area contributed by atoms with Gasteiger partial charge in [-0.3, -0.25) is 4.79 Å². The minimum atomic E-state index is -0.131. The zero-order chi connectivity index (χ0) is 11.8. The number of fused-ring (bicyclic) bond motifs is 1. The number of imidazole rings is 1. The zero-order valence-corrected chi connectivity index (χ0v) is 9.81. The van der Waals surface area contributed by atoms with Gasteiger partial charge >= 0.3 is 0 Å². The van der Waals surface area contributed by atoms with Gasteiger partial charge in [0.2, 0.25) is 5.95 Å². The van der Waals surface area contributed by atoms with Crippen molar-refractivity contribution in [2.24, 2.45) is 0 Å². The molecule has 90 valence electrons. The number of nitrogens with zero attached hydrogens (tertiary/aromatic N) is 4. The Morgan fingerprint density at radius 2 is 2.06 bits per heavy atom. The predicted molar refractivity (Wildman–Crippen MR) is 64.4 cm³/mol. The van der Waals surface area contributed by atoms with E-state index in [-0.39, 0.29) is 5.56 Å². The lowest BCUT2D eigenvalue weighted by atomic mass is 10.1. The summed E-state index contributed by atoms with van der Waals surface area (Å²) in [6, 6.07) is 0. The second-order valence-electron chi connectivity index (χ2n) is 4.42. The normalized spacial score (nSPS) is 16.6. The van der Waals surface area contributed by atoms with E-state index in [2.05, 4.69) is 20.0 Å². The van der Waals surface area contributed by atoms with Crippen LogP contribution in [0.5, 0.6) is 0 Å². The number of anilines is 1. The smallest absolute Gasteiger partial charge is 0.277 e. The molecule has 0 spiro atoms. The molecule has 0 amide bonds. The van der Waals surface area contributed by atoms with Crippen LogP contribution in [0.15, 0.2) is 11.1 Å². The highest BCUT2D eigenvalue weighted by atomic mass is 16.1. The lowest BCUT2D eigenvalue weighted by Gasteiger charge is -2.26. The number of H-pyrrole nitrogens is 1. The van der Waals surface area contributed by atoms with Crippen molar-refractivity contribution in [2.75, 3.05) is 18.0 Å². The summed E-state index contributed by atoms with van der Waals surface area (Å²) in [5, 5.41) is 4.19. The van der Waals surface area contributed by atoms with Crippen molar-refractivity contribution in [3.05, 3.63) is 22.4 Å². The van der Waals surface area contributed by atoms with Gasteiger partial charge in [0.1, 0.15) is 6.33 Å². The van der Waals surface area contributed by atoms with Gasteiger partial charge in [0.05, 0.1) is 5.69 Å². The van der Waals surface area contributed by atoms with Gasteiger partial charge < -0.3 is 9.88 Å². The third-order valence-electron chi connectivity index (χ3n) is 3.23. The summed E-state index contributed by atoms with van der Waals surface area (Å²) < 4.78 is 1.65. The molecule has 1 N–H and O–H groups in total. The fourth-order valence-electron chi connectivity index (χ4n) is 2.39. The van der Waals surface area contributed by atoms with Gasteiger partial charge in [0.15, 0.2) is 5.52 Å². The summed E-state index contributed by atoms with van der Waals surface area (Å²) in [4.78, 5) is 21.0. The van der Waals surface area contributed by atoms with Gasteiger partial charge in [-0.15, -0.1) is 0 Å². The van der Waals surface area contributed by atoms with Crippen LogP contribution in [0, 0.1) is 6.92 Å². The quantitative estimate of drug-likeness (QED) is 0.788. The maximum absolute atomic E-state index is 11.7. The third-order valence-corrected chi connectivity index (χ3v) is 3.23. The Morgan fingerprint density at radius 3 is 2.82 bits per heavy atom. The van der Waals surface area contributed by atoms with Crippen LogP contribution in [-0.2, 0) is 0 Å². The first kappa shape index (κ1) is 10.3. The van der Waals surface area contributed by atoms with Crippen molar-refractivity contribution in [3.63, 3.8) is 0 Å². The summed E-state index contributed by atoms with van der Waals surface area (Å²) in [6.07, 6.45) is 5.05. The second-order valence-corrected chi connectivity index (χ2v) is 4.42. The van der Waals surface area contributed by atoms with Crippen molar-refractivity contribution in [3.8, 4) is 0 Å². The summed E-state index contributed by atoms with van der Waals surface area (Å²) in [5.41, 5.74) is 1.15. The standard InChI is InChI=1S/C11H15N5O/c1-8-9-10(17)12-7-13-16(9)11(14-8)15-5-3-2-4-6-15/h7H,2-6H2,1H3,(H,12,13,17). The molecule has 0 unspecified atom stereocenters. The van der Waals surface area contributed by atoms with E-state index < -0.39 is 0 Å². The number of rotatable bonds is 1. The van der Waals surface area contributed by atoms with Crippen LogP contribution in [-0.4, -0.2) is 32.7 Å². The van der Waals surface area contributed by atoms with Crippen LogP contribution in [0.3, 0.4) is 0 Å². The summed E-state index contributed by atoms with van der Waals surface area (Å²) in [6.45, 7) is 3.83. The maximum Gasteiger partial charge on any atom is 0.277 e. The molecule has 17 heavy (non-hydrogen) atoms. The van der Waals surface area contributed by atoms with Gasteiger partial charge in [-0.2, -0.15) is 9.61 Å². The van der Waals surface area contributed by atoms with Crippen molar-refractivity contribution in [1.29, 1.82) is 0 Å². The number of piperidine rings is 1. The average molecular weight is 233 g/mol. The number of hydrogen-bond acceptors (Lipinski definition) is 4. The second kappa shape index (κ2) is 3.87.